The summed E-state index contributed by atoms with van der Waals surface area (Å²) in [6, 6.07) is 3.46. The van der Waals surface area contributed by atoms with Crippen molar-refractivity contribution in [1.29, 1.82) is 0 Å². The van der Waals surface area contributed by atoms with Gasteiger partial charge in [-0.3, -0.25) is 9.69 Å². The summed E-state index contributed by atoms with van der Waals surface area (Å²) in [6.07, 6.45) is 1.74. The molecule has 2 heterocycles. The molecule has 2 aliphatic heterocycles. The first-order valence-corrected chi connectivity index (χ1v) is 7.55. The second kappa shape index (κ2) is 5.27. The van der Waals surface area contributed by atoms with Gasteiger partial charge in [-0.1, -0.05) is 35.6 Å². The van der Waals surface area contributed by atoms with Gasteiger partial charge in [0.05, 0.1) is 9.93 Å². The summed E-state index contributed by atoms with van der Waals surface area (Å²) in [7, 11) is 0. The van der Waals surface area contributed by atoms with Gasteiger partial charge in [-0.2, -0.15) is 0 Å². The molecule has 0 bridgehead atoms. The number of carbonyl (C=O) groups excluding carboxylic acids is 1. The number of likely N-dealkylation sites (N-methyl/N-ethyl adjacent to an activating group) is 1. The maximum absolute atomic E-state index is 12.1. The lowest BCUT2D eigenvalue weighted by Gasteiger charge is -2.09. The Morgan fingerprint density at radius 3 is 2.80 bits per heavy atom. The molecule has 2 aliphatic rings. The summed E-state index contributed by atoms with van der Waals surface area (Å²) in [5.41, 5.74) is 0.715. The van der Waals surface area contributed by atoms with E-state index in [2.05, 4.69) is 0 Å². The number of nitrogens with zero attached hydrogens (tertiary/aromatic N) is 1. The molecular formula is C13H10ClNO3S2. The molecule has 0 atom stereocenters. The van der Waals surface area contributed by atoms with Crippen LogP contribution in [0.1, 0.15) is 12.5 Å². The van der Waals surface area contributed by atoms with Gasteiger partial charge in [-0.15, -0.1) is 0 Å². The van der Waals surface area contributed by atoms with E-state index in [0.29, 0.717) is 37.9 Å². The maximum Gasteiger partial charge on any atom is 0.266 e. The number of amides is 1. The topological polar surface area (TPSA) is 38.8 Å². The number of fused-ring (bicyclic) bond motifs is 1. The Bertz CT molecular complexity index is 645. The van der Waals surface area contributed by atoms with E-state index in [1.54, 1.807) is 23.1 Å². The molecular weight excluding hydrogens is 318 g/mol. The Hall–Kier alpha value is -1.24. The zero-order chi connectivity index (χ0) is 14.3. The zero-order valence-corrected chi connectivity index (χ0v) is 12.9. The van der Waals surface area contributed by atoms with E-state index in [1.807, 2.05) is 6.92 Å². The largest absolute Gasteiger partial charge is 0.454 e. The van der Waals surface area contributed by atoms with E-state index >= 15 is 0 Å². The molecule has 0 spiro atoms. The van der Waals surface area contributed by atoms with E-state index in [4.69, 9.17) is 33.3 Å². The third kappa shape index (κ3) is 2.28. The summed E-state index contributed by atoms with van der Waals surface area (Å²) >= 11 is 12.6. The second-order valence-electron chi connectivity index (χ2n) is 4.15. The van der Waals surface area contributed by atoms with Gasteiger partial charge in [-0.25, -0.2) is 0 Å². The van der Waals surface area contributed by atoms with Crippen LogP contribution in [-0.2, 0) is 4.79 Å². The minimum absolute atomic E-state index is 0.0868. The van der Waals surface area contributed by atoms with Crippen LogP contribution in [0.3, 0.4) is 0 Å². The molecule has 0 radical (unpaired) electrons. The van der Waals surface area contributed by atoms with Crippen molar-refractivity contribution < 1.29 is 14.3 Å². The lowest BCUT2D eigenvalue weighted by Crippen LogP contribution is -2.27. The number of hydrogen-bond acceptors (Lipinski definition) is 5. The molecule has 0 aliphatic carbocycles. The van der Waals surface area contributed by atoms with Crippen LogP contribution in [0, 0.1) is 0 Å². The molecule has 1 saturated heterocycles. The van der Waals surface area contributed by atoms with Gasteiger partial charge >= 0.3 is 0 Å². The third-order valence-electron chi connectivity index (χ3n) is 2.97. The summed E-state index contributed by atoms with van der Waals surface area (Å²) in [6.45, 7) is 2.64. The van der Waals surface area contributed by atoms with Crippen LogP contribution in [0.5, 0.6) is 11.5 Å². The number of ether oxygens (including phenoxy) is 2. The highest BCUT2D eigenvalue weighted by molar-refractivity contribution is 8.26. The Kier molecular flexibility index (Phi) is 3.62. The van der Waals surface area contributed by atoms with Crippen LogP contribution < -0.4 is 9.47 Å². The molecule has 1 aromatic rings. The lowest BCUT2D eigenvalue weighted by atomic mass is 10.2. The van der Waals surface area contributed by atoms with E-state index in [9.17, 15) is 4.79 Å². The van der Waals surface area contributed by atoms with Gasteiger partial charge < -0.3 is 9.47 Å². The van der Waals surface area contributed by atoms with Gasteiger partial charge in [-0.05, 0) is 24.6 Å². The highest BCUT2D eigenvalue weighted by atomic mass is 35.5. The number of benzene rings is 1. The van der Waals surface area contributed by atoms with Crippen molar-refractivity contribution in [1.82, 2.24) is 4.90 Å². The number of hydrogen-bond donors (Lipinski definition) is 0. The predicted molar refractivity (Wildman–Crippen MR) is 83.1 cm³/mol. The summed E-state index contributed by atoms with van der Waals surface area (Å²) < 4.78 is 11.1. The van der Waals surface area contributed by atoms with Crippen molar-refractivity contribution in [2.24, 2.45) is 0 Å². The maximum atomic E-state index is 12.1. The van der Waals surface area contributed by atoms with Crippen LogP contribution in [0.25, 0.3) is 6.08 Å². The number of thioether (sulfide) groups is 1. The molecule has 0 unspecified atom stereocenters. The number of thiocarbonyl (C=S) groups is 1. The molecule has 0 saturated carbocycles. The van der Waals surface area contributed by atoms with E-state index in [0.717, 1.165) is 0 Å². The first-order chi connectivity index (χ1) is 9.60. The Morgan fingerprint density at radius 1 is 1.45 bits per heavy atom. The SMILES string of the molecule is CCN1C(=O)C(=Cc2cc3c(cc2Cl)OCO3)SC1=S. The first kappa shape index (κ1) is 13.7. The summed E-state index contributed by atoms with van der Waals surface area (Å²) in [5, 5.41) is 0.510. The number of carbonyl (C=O) groups is 1. The monoisotopic (exact) mass is 327 g/mol. The lowest BCUT2D eigenvalue weighted by molar-refractivity contribution is -0.121. The molecule has 1 amide bonds. The van der Waals surface area contributed by atoms with E-state index in [-0.39, 0.29) is 12.7 Å². The molecule has 0 N–H and O–H groups in total. The fourth-order valence-corrected chi connectivity index (χ4v) is 3.54. The van der Waals surface area contributed by atoms with Crippen molar-refractivity contribution in [2.75, 3.05) is 13.3 Å². The van der Waals surface area contributed by atoms with Gasteiger partial charge in [0, 0.05) is 12.6 Å². The van der Waals surface area contributed by atoms with Crippen LogP contribution in [0.15, 0.2) is 17.0 Å². The Balaban J connectivity index is 1.97. The molecule has 1 fully saturated rings. The molecule has 1 aromatic carbocycles. The molecule has 3 rings (SSSR count). The standard InChI is InChI=1S/C13H10ClNO3S2/c1-2-15-12(16)11(20-13(15)19)4-7-3-9-10(5-8(7)14)18-6-17-9/h3-5H,2,6H2,1H3. The van der Waals surface area contributed by atoms with Gasteiger partial charge in [0.1, 0.15) is 4.32 Å². The highest BCUT2D eigenvalue weighted by Gasteiger charge is 2.31. The third-order valence-corrected chi connectivity index (χ3v) is 4.67. The second-order valence-corrected chi connectivity index (χ2v) is 6.24. The highest BCUT2D eigenvalue weighted by Crippen LogP contribution is 2.39. The van der Waals surface area contributed by atoms with Crippen LogP contribution in [0.2, 0.25) is 5.02 Å². The van der Waals surface area contributed by atoms with Crippen molar-refractivity contribution >= 4 is 51.9 Å². The quantitative estimate of drug-likeness (QED) is 0.615. The fraction of sp³-hybridized carbons (Fsp3) is 0.231. The summed E-state index contributed by atoms with van der Waals surface area (Å²) in [5.74, 6) is 1.16. The summed E-state index contributed by atoms with van der Waals surface area (Å²) in [4.78, 5) is 14.3. The van der Waals surface area contributed by atoms with Crippen LogP contribution >= 0.6 is 35.6 Å². The fourth-order valence-electron chi connectivity index (χ4n) is 1.96. The molecule has 4 nitrogen and oxygen atoms in total. The molecule has 104 valence electrons. The Labute approximate surface area is 130 Å². The number of halogens is 1. The van der Waals surface area contributed by atoms with Gasteiger partial charge in [0.2, 0.25) is 6.79 Å². The van der Waals surface area contributed by atoms with Crippen LogP contribution in [-0.4, -0.2) is 28.5 Å². The minimum Gasteiger partial charge on any atom is -0.454 e. The smallest absolute Gasteiger partial charge is 0.266 e. The van der Waals surface area contributed by atoms with Gasteiger partial charge in [0.25, 0.3) is 5.91 Å². The minimum atomic E-state index is -0.0868. The molecule has 0 aromatic heterocycles. The van der Waals surface area contributed by atoms with E-state index in [1.165, 1.54) is 11.8 Å². The van der Waals surface area contributed by atoms with E-state index < -0.39 is 0 Å². The first-order valence-electron chi connectivity index (χ1n) is 5.94. The predicted octanol–water partition coefficient (Wildman–Crippen LogP) is 3.29. The normalized spacial score (nSPS) is 19.3. The van der Waals surface area contributed by atoms with Crippen LogP contribution in [0.4, 0.5) is 0 Å². The number of rotatable bonds is 2. The van der Waals surface area contributed by atoms with Crippen molar-refractivity contribution in [3.8, 4) is 11.5 Å². The van der Waals surface area contributed by atoms with Gasteiger partial charge in [0.15, 0.2) is 11.5 Å². The van der Waals surface area contributed by atoms with Crippen molar-refractivity contribution in [3.05, 3.63) is 27.6 Å². The molecule has 20 heavy (non-hydrogen) atoms. The molecule has 7 heteroatoms. The van der Waals surface area contributed by atoms with Crippen molar-refractivity contribution in [3.63, 3.8) is 0 Å². The average Bonchev–Trinajstić information content (AvgIpc) is 2.95. The van der Waals surface area contributed by atoms with Crippen molar-refractivity contribution in [2.45, 2.75) is 6.92 Å². The average molecular weight is 328 g/mol. The Morgan fingerprint density at radius 2 is 2.15 bits per heavy atom. The zero-order valence-electron chi connectivity index (χ0n) is 10.5.